The Kier molecular flexibility index (Phi) is 5.29. The van der Waals surface area contributed by atoms with Gasteiger partial charge in [-0.05, 0) is 25.2 Å². The van der Waals surface area contributed by atoms with Crippen LogP contribution in [0.3, 0.4) is 0 Å². The molecule has 100 valence electrons. The summed E-state index contributed by atoms with van der Waals surface area (Å²) >= 11 is 1.90. The zero-order valence-electron chi connectivity index (χ0n) is 11.4. The number of anilines is 1. The highest BCUT2D eigenvalue weighted by molar-refractivity contribution is 7.99. The lowest BCUT2D eigenvalue weighted by molar-refractivity contribution is 0.394. The fourth-order valence-electron chi connectivity index (χ4n) is 2.40. The summed E-state index contributed by atoms with van der Waals surface area (Å²) in [6.45, 7) is 5.48. The first kappa shape index (κ1) is 13.7. The van der Waals surface area contributed by atoms with Gasteiger partial charge in [0.2, 0.25) is 0 Å². The number of rotatable bonds is 5. The van der Waals surface area contributed by atoms with E-state index in [1.165, 1.54) is 25.7 Å². The number of thioether (sulfide) groups is 1. The van der Waals surface area contributed by atoms with Crippen molar-refractivity contribution in [3.05, 3.63) is 12.4 Å². The first-order valence-corrected chi connectivity index (χ1v) is 7.88. The maximum atomic E-state index is 4.62. The fourth-order valence-corrected chi connectivity index (χ4v) is 3.72. The Morgan fingerprint density at radius 3 is 3.06 bits per heavy atom. The van der Waals surface area contributed by atoms with Crippen LogP contribution in [0.5, 0.6) is 0 Å². The summed E-state index contributed by atoms with van der Waals surface area (Å²) in [5, 5.41) is 5.09. The van der Waals surface area contributed by atoms with E-state index in [4.69, 9.17) is 0 Å². The molecular formula is C14H23N3S. The molecule has 0 aliphatic heterocycles. The third-order valence-corrected chi connectivity index (χ3v) is 4.54. The van der Waals surface area contributed by atoms with Crippen LogP contribution in [-0.2, 0) is 0 Å². The van der Waals surface area contributed by atoms with E-state index in [1.807, 2.05) is 24.2 Å². The molecule has 0 radical (unpaired) electrons. The van der Waals surface area contributed by atoms with E-state index in [0.717, 1.165) is 35.0 Å². The minimum Gasteiger partial charge on any atom is -0.369 e. The summed E-state index contributed by atoms with van der Waals surface area (Å²) in [7, 11) is 0. The second-order valence-corrected chi connectivity index (χ2v) is 6.50. The fraction of sp³-hybridized carbons (Fsp3) is 0.714. The molecule has 1 fully saturated rings. The molecule has 2 atom stereocenters. The largest absolute Gasteiger partial charge is 0.369 e. The molecule has 1 N–H and O–H groups in total. The van der Waals surface area contributed by atoms with Gasteiger partial charge in [-0.25, -0.2) is 4.98 Å². The van der Waals surface area contributed by atoms with Gasteiger partial charge in [0.05, 0.1) is 12.4 Å². The molecule has 0 amide bonds. The van der Waals surface area contributed by atoms with Gasteiger partial charge in [-0.15, -0.1) is 11.8 Å². The highest BCUT2D eigenvalue weighted by Crippen LogP contribution is 2.35. The van der Waals surface area contributed by atoms with Crippen molar-refractivity contribution < 1.29 is 0 Å². The molecule has 1 aromatic heterocycles. The van der Waals surface area contributed by atoms with Crippen molar-refractivity contribution >= 4 is 17.6 Å². The van der Waals surface area contributed by atoms with Crippen molar-refractivity contribution in [3.8, 4) is 0 Å². The summed E-state index contributed by atoms with van der Waals surface area (Å²) in [5.41, 5.74) is 0. The van der Waals surface area contributed by atoms with Gasteiger partial charge in [0, 0.05) is 11.8 Å². The predicted octanol–water partition coefficient (Wildman–Crippen LogP) is 3.97. The van der Waals surface area contributed by atoms with Gasteiger partial charge in [-0.3, -0.25) is 4.98 Å². The second-order valence-electron chi connectivity index (χ2n) is 5.18. The normalized spacial score (nSPS) is 23.9. The Labute approximate surface area is 114 Å². The van der Waals surface area contributed by atoms with Gasteiger partial charge < -0.3 is 5.32 Å². The monoisotopic (exact) mass is 265 g/mol. The summed E-state index contributed by atoms with van der Waals surface area (Å²) < 4.78 is 0. The molecule has 1 aromatic rings. The van der Waals surface area contributed by atoms with Crippen molar-refractivity contribution in [2.75, 3.05) is 11.9 Å². The molecule has 0 spiro atoms. The van der Waals surface area contributed by atoms with Gasteiger partial charge in [-0.1, -0.05) is 26.7 Å². The van der Waals surface area contributed by atoms with Crippen molar-refractivity contribution in [1.82, 2.24) is 9.97 Å². The Morgan fingerprint density at radius 1 is 1.39 bits per heavy atom. The number of hydrogen-bond donors (Lipinski definition) is 1. The first-order chi connectivity index (χ1) is 8.78. The molecule has 1 aliphatic rings. The van der Waals surface area contributed by atoms with E-state index in [9.17, 15) is 0 Å². The predicted molar refractivity (Wildman–Crippen MR) is 78.1 cm³/mol. The van der Waals surface area contributed by atoms with E-state index in [-0.39, 0.29) is 0 Å². The number of aromatic nitrogens is 2. The lowest BCUT2D eigenvalue weighted by Gasteiger charge is -2.25. The molecule has 0 bridgehead atoms. The lowest BCUT2D eigenvalue weighted by atomic mass is 9.91. The quantitative estimate of drug-likeness (QED) is 0.874. The Bertz CT molecular complexity index is 370. The minimum absolute atomic E-state index is 0.726. The van der Waals surface area contributed by atoms with Crippen LogP contribution in [0.15, 0.2) is 17.4 Å². The average molecular weight is 265 g/mol. The van der Waals surface area contributed by atoms with E-state index in [0.29, 0.717) is 0 Å². The molecule has 1 heterocycles. The Balaban J connectivity index is 1.91. The smallest absolute Gasteiger partial charge is 0.145 e. The molecular weight excluding hydrogens is 242 g/mol. The third-order valence-electron chi connectivity index (χ3n) is 3.34. The standard InChI is InChI=1S/C14H23N3S/c1-3-7-16-13-9-15-10-14(17-13)18-12-6-4-5-11(2)8-12/h9-12H,3-8H2,1-2H3,(H,16,17). The van der Waals surface area contributed by atoms with Crippen LogP contribution >= 0.6 is 11.8 Å². The average Bonchev–Trinajstić information content (AvgIpc) is 2.37. The highest BCUT2D eigenvalue weighted by atomic mass is 32.2. The molecule has 3 nitrogen and oxygen atoms in total. The molecule has 4 heteroatoms. The van der Waals surface area contributed by atoms with E-state index >= 15 is 0 Å². The second kappa shape index (κ2) is 6.98. The van der Waals surface area contributed by atoms with Crippen molar-refractivity contribution in [1.29, 1.82) is 0 Å². The zero-order chi connectivity index (χ0) is 12.8. The Hall–Kier alpha value is -0.770. The topological polar surface area (TPSA) is 37.8 Å². The van der Waals surface area contributed by atoms with Crippen LogP contribution in [0, 0.1) is 5.92 Å². The zero-order valence-corrected chi connectivity index (χ0v) is 12.2. The number of nitrogens with one attached hydrogen (secondary N) is 1. The summed E-state index contributed by atoms with van der Waals surface area (Å²) in [6.07, 6.45) is 10.2. The molecule has 0 saturated heterocycles. The molecule has 2 unspecified atom stereocenters. The SMILES string of the molecule is CCCNc1cncc(SC2CCCC(C)C2)n1. The first-order valence-electron chi connectivity index (χ1n) is 7.00. The maximum absolute atomic E-state index is 4.62. The molecule has 18 heavy (non-hydrogen) atoms. The number of hydrogen-bond acceptors (Lipinski definition) is 4. The van der Waals surface area contributed by atoms with Crippen LogP contribution < -0.4 is 5.32 Å². The summed E-state index contributed by atoms with van der Waals surface area (Å²) in [6, 6.07) is 0. The molecule has 2 rings (SSSR count). The van der Waals surface area contributed by atoms with E-state index in [2.05, 4.69) is 29.1 Å². The molecule has 0 aromatic carbocycles. The maximum Gasteiger partial charge on any atom is 0.145 e. The number of nitrogens with zero attached hydrogens (tertiary/aromatic N) is 2. The van der Waals surface area contributed by atoms with Crippen LogP contribution in [0.2, 0.25) is 0 Å². The van der Waals surface area contributed by atoms with Crippen molar-refractivity contribution in [3.63, 3.8) is 0 Å². The van der Waals surface area contributed by atoms with Crippen LogP contribution in [0.4, 0.5) is 5.82 Å². The third kappa shape index (κ3) is 4.16. The van der Waals surface area contributed by atoms with Crippen LogP contribution in [-0.4, -0.2) is 21.8 Å². The highest BCUT2D eigenvalue weighted by Gasteiger charge is 2.20. The lowest BCUT2D eigenvalue weighted by Crippen LogP contribution is -2.15. The van der Waals surface area contributed by atoms with Crippen LogP contribution in [0.25, 0.3) is 0 Å². The van der Waals surface area contributed by atoms with E-state index in [1.54, 1.807) is 0 Å². The van der Waals surface area contributed by atoms with Gasteiger partial charge in [0.1, 0.15) is 10.8 Å². The summed E-state index contributed by atoms with van der Waals surface area (Å²) in [4.78, 5) is 8.89. The minimum atomic E-state index is 0.726. The van der Waals surface area contributed by atoms with Crippen molar-refractivity contribution in [2.45, 2.75) is 56.2 Å². The van der Waals surface area contributed by atoms with Gasteiger partial charge >= 0.3 is 0 Å². The summed E-state index contributed by atoms with van der Waals surface area (Å²) in [5.74, 6) is 1.77. The van der Waals surface area contributed by atoms with E-state index < -0.39 is 0 Å². The Morgan fingerprint density at radius 2 is 2.28 bits per heavy atom. The van der Waals surface area contributed by atoms with Crippen molar-refractivity contribution in [2.24, 2.45) is 5.92 Å². The molecule has 1 aliphatic carbocycles. The molecule has 1 saturated carbocycles. The van der Waals surface area contributed by atoms with Gasteiger partial charge in [0.15, 0.2) is 0 Å². The van der Waals surface area contributed by atoms with Gasteiger partial charge in [-0.2, -0.15) is 0 Å². The van der Waals surface area contributed by atoms with Gasteiger partial charge in [0.25, 0.3) is 0 Å². The van der Waals surface area contributed by atoms with Crippen LogP contribution in [0.1, 0.15) is 46.0 Å².